The van der Waals surface area contributed by atoms with Gasteiger partial charge in [-0.05, 0) is 24.6 Å². The van der Waals surface area contributed by atoms with Crippen molar-refractivity contribution in [2.45, 2.75) is 26.2 Å². The van der Waals surface area contributed by atoms with Crippen LogP contribution in [0.25, 0.3) is 0 Å². The predicted molar refractivity (Wildman–Crippen MR) is 113 cm³/mol. The number of rotatable bonds is 11. The molecule has 0 aliphatic rings. The van der Waals surface area contributed by atoms with Crippen LogP contribution >= 0.6 is 0 Å². The highest BCUT2D eigenvalue weighted by atomic mass is 16.6. The molecule has 0 aliphatic heterocycles. The second-order valence-electron chi connectivity index (χ2n) is 6.39. The van der Waals surface area contributed by atoms with Crippen molar-refractivity contribution in [2.24, 2.45) is 5.10 Å². The number of hydrazone groups is 1. The maximum atomic E-state index is 12.1. The van der Waals surface area contributed by atoms with Gasteiger partial charge in [0.1, 0.15) is 0 Å². The Morgan fingerprint density at radius 3 is 2.42 bits per heavy atom. The van der Waals surface area contributed by atoms with Gasteiger partial charge in [0.15, 0.2) is 5.75 Å². The average Bonchev–Trinajstić information content (AvgIpc) is 2.76. The quantitative estimate of drug-likeness (QED) is 0.246. The van der Waals surface area contributed by atoms with Crippen LogP contribution in [0.15, 0.2) is 41.5 Å². The van der Waals surface area contributed by atoms with Crippen LogP contribution in [-0.4, -0.2) is 35.7 Å². The number of unbranched alkanes of at least 4 members (excludes halogenated alkanes) is 2. The van der Waals surface area contributed by atoms with Crippen molar-refractivity contribution in [1.29, 1.82) is 0 Å². The van der Waals surface area contributed by atoms with Gasteiger partial charge in [0.05, 0.1) is 29.8 Å². The molecule has 2 aromatic carbocycles. The monoisotopic (exact) mass is 430 g/mol. The number of non-ortho nitro benzene ring substituents is 1. The molecule has 2 aromatic rings. The largest absolute Gasteiger partial charge is 0.493 e. The van der Waals surface area contributed by atoms with Crippen molar-refractivity contribution < 1.29 is 24.1 Å². The molecule has 11 heteroatoms. The van der Waals surface area contributed by atoms with Crippen molar-refractivity contribution in [1.82, 2.24) is 5.43 Å². The van der Waals surface area contributed by atoms with Gasteiger partial charge in [-0.15, -0.1) is 0 Å². The Morgan fingerprint density at radius 2 is 1.84 bits per heavy atom. The van der Waals surface area contributed by atoms with Crippen LogP contribution in [0, 0.1) is 20.2 Å². The van der Waals surface area contributed by atoms with E-state index in [-0.39, 0.29) is 28.4 Å². The van der Waals surface area contributed by atoms with Crippen LogP contribution in [0.3, 0.4) is 0 Å². The van der Waals surface area contributed by atoms with Crippen LogP contribution in [0.5, 0.6) is 11.5 Å². The summed E-state index contributed by atoms with van der Waals surface area (Å²) >= 11 is 0. The fourth-order valence-electron chi connectivity index (χ4n) is 2.61. The van der Waals surface area contributed by atoms with E-state index in [2.05, 4.69) is 10.5 Å². The maximum absolute atomic E-state index is 12.1. The summed E-state index contributed by atoms with van der Waals surface area (Å²) in [6.45, 7) is 2.36. The second kappa shape index (κ2) is 11.2. The van der Waals surface area contributed by atoms with Gasteiger partial charge in [0.2, 0.25) is 5.75 Å². The summed E-state index contributed by atoms with van der Waals surface area (Å²) in [4.78, 5) is 33.1. The molecule has 1 N–H and O–H groups in total. The van der Waals surface area contributed by atoms with Gasteiger partial charge in [-0.1, -0.05) is 19.8 Å². The number of nitro benzene ring substituents is 2. The Labute approximate surface area is 178 Å². The van der Waals surface area contributed by atoms with Gasteiger partial charge in [-0.25, -0.2) is 5.43 Å². The number of methoxy groups -OCH3 is 1. The molecule has 164 valence electrons. The highest BCUT2D eigenvalue weighted by molar-refractivity contribution is 5.95. The molecule has 0 saturated carbocycles. The van der Waals surface area contributed by atoms with Crippen molar-refractivity contribution in [3.8, 4) is 11.5 Å². The molecule has 1 amide bonds. The van der Waals surface area contributed by atoms with E-state index >= 15 is 0 Å². The number of hydrogen-bond donors (Lipinski definition) is 1. The summed E-state index contributed by atoms with van der Waals surface area (Å²) in [5.41, 5.74) is 2.33. The van der Waals surface area contributed by atoms with Crippen LogP contribution in [0.1, 0.15) is 42.1 Å². The molecule has 0 heterocycles. The molecule has 0 unspecified atom stereocenters. The fourth-order valence-corrected chi connectivity index (χ4v) is 2.61. The predicted octanol–water partition coefficient (Wildman–Crippen LogP) is 3.84. The van der Waals surface area contributed by atoms with Crippen molar-refractivity contribution >= 4 is 23.5 Å². The van der Waals surface area contributed by atoms with E-state index in [1.54, 1.807) is 0 Å². The van der Waals surface area contributed by atoms with Gasteiger partial charge in [0, 0.05) is 29.3 Å². The SMILES string of the molecule is CCCCCOc1c(OC)cc(/C=N/NC(=O)c2ccc([N+](=O)[O-])cc2)cc1[N+](=O)[O-]. The van der Waals surface area contributed by atoms with Gasteiger partial charge in [-0.2, -0.15) is 5.10 Å². The Bertz CT molecular complexity index is 974. The first-order chi connectivity index (χ1) is 14.9. The van der Waals surface area contributed by atoms with E-state index in [4.69, 9.17) is 9.47 Å². The zero-order valence-corrected chi connectivity index (χ0v) is 17.1. The summed E-state index contributed by atoms with van der Waals surface area (Å²) in [5.74, 6) is -0.381. The van der Waals surface area contributed by atoms with Crippen LogP contribution in [-0.2, 0) is 0 Å². The van der Waals surface area contributed by atoms with Crippen LogP contribution in [0.2, 0.25) is 0 Å². The number of carbonyl (C=O) groups excluding carboxylic acids is 1. The molecule has 11 nitrogen and oxygen atoms in total. The van der Waals surface area contributed by atoms with Gasteiger partial charge in [-0.3, -0.25) is 25.0 Å². The number of benzene rings is 2. The lowest BCUT2D eigenvalue weighted by atomic mass is 10.2. The van der Waals surface area contributed by atoms with Crippen molar-refractivity contribution in [3.63, 3.8) is 0 Å². The Balaban J connectivity index is 2.15. The average molecular weight is 430 g/mol. The minimum absolute atomic E-state index is 0.0377. The Hall–Kier alpha value is -4.02. The zero-order chi connectivity index (χ0) is 22.8. The van der Waals surface area contributed by atoms with E-state index in [1.165, 1.54) is 49.7 Å². The zero-order valence-electron chi connectivity index (χ0n) is 17.1. The first-order valence-corrected chi connectivity index (χ1v) is 9.44. The normalized spacial score (nSPS) is 10.6. The number of ether oxygens (including phenoxy) is 2. The molecule has 0 radical (unpaired) electrons. The molecule has 0 aromatic heterocycles. The summed E-state index contributed by atoms with van der Waals surface area (Å²) in [5, 5.41) is 25.9. The lowest BCUT2D eigenvalue weighted by Gasteiger charge is -2.11. The van der Waals surface area contributed by atoms with E-state index < -0.39 is 15.8 Å². The topological polar surface area (TPSA) is 146 Å². The summed E-state index contributed by atoms with van der Waals surface area (Å²) in [6, 6.07) is 7.75. The van der Waals surface area contributed by atoms with Gasteiger partial charge < -0.3 is 9.47 Å². The number of nitrogens with zero attached hydrogens (tertiary/aromatic N) is 3. The van der Waals surface area contributed by atoms with Gasteiger partial charge in [0.25, 0.3) is 11.6 Å². The van der Waals surface area contributed by atoms with Crippen molar-refractivity contribution in [3.05, 3.63) is 67.8 Å². The molecule has 0 saturated heterocycles. The lowest BCUT2D eigenvalue weighted by molar-refractivity contribution is -0.386. The van der Waals surface area contributed by atoms with Gasteiger partial charge >= 0.3 is 5.69 Å². The summed E-state index contributed by atoms with van der Waals surface area (Å²) in [6.07, 6.45) is 3.91. The third-order valence-corrected chi connectivity index (χ3v) is 4.19. The number of hydrogen-bond acceptors (Lipinski definition) is 8. The first kappa shape index (κ1) is 23.3. The third kappa shape index (κ3) is 6.49. The molecule has 0 aliphatic carbocycles. The van der Waals surface area contributed by atoms with E-state index in [9.17, 15) is 25.0 Å². The molecule has 0 fully saturated rings. The van der Waals surface area contributed by atoms with E-state index in [0.29, 0.717) is 12.2 Å². The number of carbonyl (C=O) groups is 1. The Morgan fingerprint density at radius 1 is 1.13 bits per heavy atom. The highest BCUT2D eigenvalue weighted by Gasteiger charge is 2.22. The van der Waals surface area contributed by atoms with Crippen molar-refractivity contribution in [2.75, 3.05) is 13.7 Å². The fraction of sp³-hybridized carbons (Fsp3) is 0.300. The summed E-state index contributed by atoms with van der Waals surface area (Å²) in [7, 11) is 1.37. The van der Waals surface area contributed by atoms with E-state index in [0.717, 1.165) is 19.3 Å². The number of nitrogens with one attached hydrogen (secondary N) is 1. The molecular weight excluding hydrogens is 408 g/mol. The maximum Gasteiger partial charge on any atom is 0.315 e. The standard InChI is InChI=1S/C20H22N4O7/c1-3-4-5-10-31-19-17(24(28)29)11-14(12-18(19)30-2)13-21-22-20(25)15-6-8-16(9-7-15)23(26)27/h6-9,11-13H,3-5,10H2,1-2H3,(H,22,25)/b21-13+. The molecule has 2 rings (SSSR count). The molecule has 0 spiro atoms. The minimum atomic E-state index is -0.594. The minimum Gasteiger partial charge on any atom is -0.493 e. The molecule has 0 atom stereocenters. The van der Waals surface area contributed by atoms with Crippen LogP contribution in [0.4, 0.5) is 11.4 Å². The smallest absolute Gasteiger partial charge is 0.315 e. The first-order valence-electron chi connectivity index (χ1n) is 9.44. The number of amides is 1. The highest BCUT2D eigenvalue weighted by Crippen LogP contribution is 2.38. The second-order valence-corrected chi connectivity index (χ2v) is 6.39. The molecule has 0 bridgehead atoms. The Kier molecular flexibility index (Phi) is 8.43. The number of nitro groups is 2. The third-order valence-electron chi connectivity index (χ3n) is 4.19. The summed E-state index contributed by atoms with van der Waals surface area (Å²) < 4.78 is 10.8. The lowest BCUT2D eigenvalue weighted by Crippen LogP contribution is -2.17. The molecular formula is C20H22N4O7. The van der Waals surface area contributed by atoms with E-state index in [1.807, 2.05) is 6.92 Å². The van der Waals surface area contributed by atoms with Crippen LogP contribution < -0.4 is 14.9 Å². The molecule has 31 heavy (non-hydrogen) atoms.